The van der Waals surface area contributed by atoms with Crippen LogP contribution in [-0.2, 0) is 26.2 Å². The number of halogens is 2. The lowest BCUT2D eigenvalue weighted by Gasteiger charge is -2.49. The number of urea groups is 1. The molecule has 4 heterocycles. The van der Waals surface area contributed by atoms with Crippen LogP contribution in [0.2, 0.25) is 5.02 Å². The third-order valence-corrected chi connectivity index (χ3v) is 13.4. The number of imide groups is 4. The lowest BCUT2D eigenvalue weighted by atomic mass is 9.51. The molecule has 2 aliphatic carbocycles. The number of thiophene rings is 1. The SMILES string of the molecule is COc1cc([C@H]2C3=CC[C@@H]4C(=O)N(C(N)=O)C(=O)[C@@H]4[C@@H]3C[C@H]3C(=O)N(c4cc(-c5sc6ccc(Cl)cc6c5C)nn4C)C(=O)[C@@]23C)cc(Br)c1O. The molecular weight excluding hydrogens is 762 g/mol. The van der Waals surface area contributed by atoms with E-state index in [-0.39, 0.29) is 30.2 Å². The van der Waals surface area contributed by atoms with Crippen LogP contribution in [0.25, 0.3) is 20.7 Å². The van der Waals surface area contributed by atoms with E-state index < -0.39 is 64.7 Å². The van der Waals surface area contributed by atoms with Crippen molar-refractivity contribution in [3.8, 4) is 22.1 Å². The summed E-state index contributed by atoms with van der Waals surface area (Å²) in [4.78, 5) is 71.5. The predicted octanol–water partition coefficient (Wildman–Crippen LogP) is 6.05. The molecule has 2 aliphatic heterocycles. The van der Waals surface area contributed by atoms with E-state index in [9.17, 15) is 24.3 Å². The number of fused-ring (bicyclic) bond motifs is 5. The van der Waals surface area contributed by atoms with Crippen molar-refractivity contribution >= 4 is 84.4 Å². The molecule has 6 amide bonds. The van der Waals surface area contributed by atoms with E-state index in [1.165, 1.54) is 28.0 Å². The molecule has 8 rings (SSSR count). The molecule has 2 aromatic carbocycles. The standard InChI is InChI=1S/C36H31BrClN5O7S/c1-14-19-11-16(38)5-8-25(19)51-30(14)23-13-26(41(3)40-23)42-32(46)21-12-20-17(6-7-18-27(20)33(47)43(31(18)45)35(39)49)28(36(21,2)34(42)48)15-9-22(37)29(44)24(10-15)50-4/h5-6,8-11,13,18,20-21,27-28,44H,7,12H2,1-4H3,(H2,39,49)/t18-,20+,21-,27-,28-,36+/m0/s1. The summed E-state index contributed by atoms with van der Waals surface area (Å²) in [5.74, 6) is -6.11. The average molecular weight is 793 g/mol. The van der Waals surface area contributed by atoms with E-state index in [2.05, 4.69) is 15.9 Å². The minimum absolute atomic E-state index is 0.0873. The van der Waals surface area contributed by atoms with E-state index >= 15 is 4.79 Å². The number of carbonyl (C=O) groups excluding carboxylic acids is 5. The third-order valence-electron chi connectivity index (χ3n) is 11.3. The van der Waals surface area contributed by atoms with Gasteiger partial charge in [-0.3, -0.25) is 23.9 Å². The van der Waals surface area contributed by atoms with Crippen molar-refractivity contribution in [2.75, 3.05) is 12.0 Å². The molecule has 3 N–H and O–H groups in total. The van der Waals surface area contributed by atoms with Crippen LogP contribution in [-0.4, -0.2) is 56.6 Å². The van der Waals surface area contributed by atoms with Crippen molar-refractivity contribution in [3.63, 3.8) is 0 Å². The fourth-order valence-electron chi connectivity index (χ4n) is 8.96. The number of amides is 6. The van der Waals surface area contributed by atoms with Gasteiger partial charge in [0.2, 0.25) is 23.6 Å². The first-order valence-corrected chi connectivity index (χ1v) is 18.2. The highest BCUT2D eigenvalue weighted by molar-refractivity contribution is 9.10. The number of anilines is 1. The molecule has 3 fully saturated rings. The molecule has 1 saturated carbocycles. The van der Waals surface area contributed by atoms with Gasteiger partial charge in [0, 0.05) is 28.8 Å². The maximum absolute atomic E-state index is 15.0. The van der Waals surface area contributed by atoms with Gasteiger partial charge in [0.15, 0.2) is 11.5 Å². The summed E-state index contributed by atoms with van der Waals surface area (Å²) in [5, 5.41) is 17.1. The van der Waals surface area contributed by atoms with E-state index in [4.69, 9.17) is 27.2 Å². The Morgan fingerprint density at radius 2 is 1.86 bits per heavy atom. The first-order chi connectivity index (χ1) is 24.2. The second-order valence-corrected chi connectivity index (χ2v) is 16.1. The van der Waals surface area contributed by atoms with Crippen LogP contribution in [0.4, 0.5) is 10.6 Å². The number of ether oxygens (including phenoxy) is 1. The maximum Gasteiger partial charge on any atom is 0.328 e. The number of likely N-dealkylation sites (tertiary alicyclic amines) is 1. The zero-order chi connectivity index (χ0) is 36.4. The molecule has 0 unspecified atom stereocenters. The minimum atomic E-state index is -1.36. The molecule has 0 spiro atoms. The number of benzene rings is 2. The number of aromatic hydroxyl groups is 1. The number of aryl methyl sites for hydroxylation is 2. The largest absolute Gasteiger partial charge is 0.503 e. The Morgan fingerprint density at radius 1 is 1.12 bits per heavy atom. The molecule has 0 radical (unpaired) electrons. The molecule has 262 valence electrons. The zero-order valence-corrected chi connectivity index (χ0v) is 30.9. The predicted molar refractivity (Wildman–Crippen MR) is 192 cm³/mol. The number of phenols is 1. The third kappa shape index (κ3) is 4.55. The summed E-state index contributed by atoms with van der Waals surface area (Å²) in [6.07, 6.45) is 2.10. The summed E-state index contributed by atoms with van der Waals surface area (Å²) in [7, 11) is 3.08. The number of nitrogens with two attached hydrogens (primary N) is 1. The number of hydrogen-bond donors (Lipinski definition) is 2. The molecule has 12 nitrogen and oxygen atoms in total. The smallest absolute Gasteiger partial charge is 0.328 e. The quantitative estimate of drug-likeness (QED) is 0.186. The van der Waals surface area contributed by atoms with E-state index in [1.807, 2.05) is 31.2 Å². The lowest BCUT2D eigenvalue weighted by molar-refractivity contribution is -0.136. The first kappa shape index (κ1) is 33.6. The highest BCUT2D eigenvalue weighted by Gasteiger charge is 2.68. The molecule has 2 aromatic heterocycles. The molecule has 2 saturated heterocycles. The summed E-state index contributed by atoms with van der Waals surface area (Å²) in [5.41, 5.74) is 6.94. The second-order valence-electron chi connectivity index (χ2n) is 13.8. The van der Waals surface area contributed by atoms with Gasteiger partial charge in [0.25, 0.3) is 0 Å². The van der Waals surface area contributed by atoms with Crippen LogP contribution in [0.15, 0.2) is 52.5 Å². The number of nitrogens with zero attached hydrogens (tertiary/aromatic N) is 4. The van der Waals surface area contributed by atoms with Crippen molar-refractivity contribution in [1.82, 2.24) is 14.7 Å². The van der Waals surface area contributed by atoms with Gasteiger partial charge in [-0.15, -0.1) is 11.3 Å². The molecule has 4 aliphatic rings. The topological polar surface area (TPSA) is 165 Å². The monoisotopic (exact) mass is 791 g/mol. The van der Waals surface area contributed by atoms with Crippen LogP contribution in [0.5, 0.6) is 11.5 Å². The van der Waals surface area contributed by atoms with E-state index in [1.54, 1.807) is 32.2 Å². The fourth-order valence-corrected chi connectivity index (χ4v) is 10.7. The van der Waals surface area contributed by atoms with Crippen molar-refractivity contribution in [3.05, 3.63) is 68.7 Å². The Bertz CT molecular complexity index is 2320. The van der Waals surface area contributed by atoms with Crippen molar-refractivity contribution in [1.29, 1.82) is 0 Å². The van der Waals surface area contributed by atoms with Crippen LogP contribution in [0, 0.1) is 36.0 Å². The fraction of sp³-hybridized carbons (Fsp3) is 0.333. The highest BCUT2D eigenvalue weighted by atomic mass is 79.9. The Hall–Kier alpha value is -4.53. The summed E-state index contributed by atoms with van der Waals surface area (Å²) >= 11 is 11.2. The Morgan fingerprint density at radius 3 is 2.57 bits per heavy atom. The maximum atomic E-state index is 15.0. The number of carbonyl (C=O) groups is 5. The Labute approximate surface area is 308 Å². The number of phenolic OH excluding ortho intramolecular Hbond substituents is 1. The van der Waals surface area contributed by atoms with Crippen LogP contribution >= 0.6 is 38.9 Å². The number of allylic oxidation sites excluding steroid dienone is 2. The van der Waals surface area contributed by atoms with Gasteiger partial charge in [-0.25, -0.2) is 9.69 Å². The van der Waals surface area contributed by atoms with Crippen molar-refractivity contribution < 1.29 is 33.8 Å². The normalized spacial score (nSPS) is 27.2. The Kier molecular flexibility index (Phi) is 7.57. The average Bonchev–Trinajstić information content (AvgIpc) is 3.76. The number of methoxy groups -OCH3 is 1. The molecule has 0 bridgehead atoms. The highest BCUT2D eigenvalue weighted by Crippen LogP contribution is 2.64. The number of primary amides is 1. The number of aromatic nitrogens is 2. The zero-order valence-electron chi connectivity index (χ0n) is 27.8. The molecule has 6 atom stereocenters. The van der Waals surface area contributed by atoms with Gasteiger partial charge in [-0.05, 0) is 95.4 Å². The van der Waals surface area contributed by atoms with Crippen LogP contribution in [0.3, 0.4) is 0 Å². The van der Waals surface area contributed by atoms with Gasteiger partial charge in [-0.2, -0.15) is 10.00 Å². The molecule has 15 heteroatoms. The molecule has 4 aromatic rings. The van der Waals surface area contributed by atoms with Crippen LogP contribution in [0.1, 0.15) is 36.8 Å². The lowest BCUT2D eigenvalue weighted by Crippen LogP contribution is -2.49. The van der Waals surface area contributed by atoms with E-state index in [0.717, 1.165) is 20.5 Å². The number of hydrogen-bond acceptors (Lipinski definition) is 9. The second kappa shape index (κ2) is 11.5. The Balaban J connectivity index is 1.27. The summed E-state index contributed by atoms with van der Waals surface area (Å²) in [6, 6.07) is 9.56. The summed E-state index contributed by atoms with van der Waals surface area (Å²) in [6.45, 7) is 3.74. The molecular formula is C36H31BrClN5O7S. The van der Waals surface area contributed by atoms with Crippen molar-refractivity contribution in [2.45, 2.75) is 32.6 Å². The van der Waals surface area contributed by atoms with Gasteiger partial charge in [-0.1, -0.05) is 23.3 Å². The van der Waals surface area contributed by atoms with Gasteiger partial charge < -0.3 is 15.6 Å². The number of rotatable bonds is 4. The molecule has 51 heavy (non-hydrogen) atoms. The first-order valence-electron chi connectivity index (χ1n) is 16.2. The van der Waals surface area contributed by atoms with Gasteiger partial charge in [0.05, 0.1) is 39.6 Å². The van der Waals surface area contributed by atoms with Crippen LogP contribution < -0.4 is 15.4 Å². The summed E-state index contributed by atoms with van der Waals surface area (Å²) < 4.78 is 8.33. The van der Waals surface area contributed by atoms with Gasteiger partial charge >= 0.3 is 6.03 Å². The van der Waals surface area contributed by atoms with Crippen molar-refractivity contribution in [2.24, 2.45) is 41.9 Å². The van der Waals surface area contributed by atoms with E-state index in [0.29, 0.717) is 31.2 Å². The minimum Gasteiger partial charge on any atom is -0.503 e. The van der Waals surface area contributed by atoms with Gasteiger partial charge in [0.1, 0.15) is 11.5 Å².